The Balaban J connectivity index is 1.90. The lowest BCUT2D eigenvalue weighted by atomic mass is 9.73. The first-order valence-electron chi connectivity index (χ1n) is 10.9. The van der Waals surface area contributed by atoms with Gasteiger partial charge in [0.1, 0.15) is 11.3 Å². The molecule has 1 N–H and O–H groups in total. The number of nitrogens with one attached hydrogen (secondary N) is 1. The third-order valence-corrected chi connectivity index (χ3v) is 5.74. The van der Waals surface area contributed by atoms with Crippen molar-refractivity contribution in [3.8, 4) is 5.75 Å². The van der Waals surface area contributed by atoms with Crippen molar-refractivity contribution in [2.75, 3.05) is 25.1 Å². The lowest BCUT2D eigenvalue weighted by Gasteiger charge is -2.36. The molecular weight excluding hydrogens is 394 g/mol. The zero-order chi connectivity index (χ0) is 22.3. The van der Waals surface area contributed by atoms with Crippen molar-refractivity contribution in [1.29, 1.82) is 0 Å². The van der Waals surface area contributed by atoms with Gasteiger partial charge in [-0.3, -0.25) is 4.79 Å². The molecular formula is C25H31NO5. The highest BCUT2D eigenvalue weighted by Crippen LogP contribution is 2.36. The highest BCUT2D eigenvalue weighted by molar-refractivity contribution is 6.01. The third kappa shape index (κ3) is 5.25. The van der Waals surface area contributed by atoms with Gasteiger partial charge in [0, 0.05) is 18.9 Å². The summed E-state index contributed by atoms with van der Waals surface area (Å²) < 4.78 is 16.6. The van der Waals surface area contributed by atoms with Gasteiger partial charge in [0.25, 0.3) is 0 Å². The van der Waals surface area contributed by atoms with E-state index in [1.54, 1.807) is 25.1 Å². The van der Waals surface area contributed by atoms with Gasteiger partial charge in [-0.2, -0.15) is 0 Å². The molecule has 1 atom stereocenters. The molecule has 0 bridgehead atoms. The lowest BCUT2D eigenvalue weighted by molar-refractivity contribution is -0.125. The first kappa shape index (κ1) is 22.8. The summed E-state index contributed by atoms with van der Waals surface area (Å²) in [7, 11) is 0. The Morgan fingerprint density at radius 2 is 1.81 bits per heavy atom. The molecule has 6 nitrogen and oxygen atoms in total. The zero-order valence-corrected chi connectivity index (χ0v) is 18.5. The molecule has 166 valence electrons. The second-order valence-corrected chi connectivity index (χ2v) is 7.78. The summed E-state index contributed by atoms with van der Waals surface area (Å²) in [5.41, 5.74) is 1.14. The minimum absolute atomic E-state index is 0.0443. The van der Waals surface area contributed by atoms with E-state index in [0.717, 1.165) is 12.0 Å². The number of anilines is 1. The maximum absolute atomic E-state index is 13.5. The van der Waals surface area contributed by atoms with E-state index in [1.807, 2.05) is 44.2 Å². The van der Waals surface area contributed by atoms with Gasteiger partial charge in [0.05, 0.1) is 18.1 Å². The van der Waals surface area contributed by atoms with Crippen LogP contribution in [0.4, 0.5) is 5.69 Å². The van der Waals surface area contributed by atoms with Gasteiger partial charge in [-0.15, -0.1) is 0 Å². The van der Waals surface area contributed by atoms with E-state index in [9.17, 15) is 9.59 Å². The number of hydrogen-bond donors (Lipinski definition) is 1. The Morgan fingerprint density at radius 3 is 2.45 bits per heavy atom. The molecule has 1 aliphatic rings. The van der Waals surface area contributed by atoms with Crippen LogP contribution in [0.25, 0.3) is 0 Å². The highest BCUT2D eigenvalue weighted by atomic mass is 16.5. The fourth-order valence-corrected chi connectivity index (χ4v) is 3.75. The lowest BCUT2D eigenvalue weighted by Crippen LogP contribution is -2.44. The van der Waals surface area contributed by atoms with Crippen LogP contribution in [-0.2, 0) is 19.7 Å². The topological polar surface area (TPSA) is 73.9 Å². The van der Waals surface area contributed by atoms with Gasteiger partial charge >= 0.3 is 5.97 Å². The van der Waals surface area contributed by atoms with Crippen LogP contribution < -0.4 is 10.1 Å². The van der Waals surface area contributed by atoms with Gasteiger partial charge in [-0.25, -0.2) is 4.79 Å². The number of amides is 1. The van der Waals surface area contributed by atoms with E-state index in [1.165, 1.54) is 0 Å². The van der Waals surface area contributed by atoms with Crippen molar-refractivity contribution in [2.45, 2.75) is 51.6 Å². The molecule has 0 saturated carbocycles. The summed E-state index contributed by atoms with van der Waals surface area (Å²) in [6.45, 7) is 7.03. The van der Waals surface area contributed by atoms with Crippen LogP contribution in [0.15, 0.2) is 48.5 Å². The molecule has 0 unspecified atom stereocenters. The molecule has 2 aromatic carbocycles. The van der Waals surface area contributed by atoms with Gasteiger partial charge in [-0.1, -0.05) is 37.3 Å². The van der Waals surface area contributed by atoms with Crippen LogP contribution in [0.2, 0.25) is 0 Å². The summed E-state index contributed by atoms with van der Waals surface area (Å²) in [6, 6.07) is 14.9. The molecule has 0 spiro atoms. The van der Waals surface area contributed by atoms with E-state index in [0.29, 0.717) is 43.1 Å². The number of esters is 1. The number of benzene rings is 2. The fourth-order valence-electron chi connectivity index (χ4n) is 3.75. The highest BCUT2D eigenvalue weighted by Gasteiger charge is 2.41. The van der Waals surface area contributed by atoms with E-state index < -0.39 is 11.4 Å². The molecule has 0 aliphatic carbocycles. The summed E-state index contributed by atoms with van der Waals surface area (Å²) in [5, 5.41) is 3.03. The minimum atomic E-state index is -0.671. The number of ether oxygens (including phenoxy) is 3. The Bertz CT molecular complexity index is 890. The first-order valence-corrected chi connectivity index (χ1v) is 10.9. The van der Waals surface area contributed by atoms with Crippen LogP contribution in [0, 0.1) is 0 Å². The normalized spacial score (nSPS) is 16.2. The molecule has 1 amide bonds. The fraction of sp³-hybridized carbons (Fsp3) is 0.440. The smallest absolute Gasteiger partial charge is 0.341 e. The molecule has 3 rings (SSSR count). The summed E-state index contributed by atoms with van der Waals surface area (Å²) in [4.78, 5) is 26.0. The van der Waals surface area contributed by atoms with E-state index >= 15 is 0 Å². The third-order valence-electron chi connectivity index (χ3n) is 5.74. The van der Waals surface area contributed by atoms with Crippen molar-refractivity contribution < 1.29 is 23.8 Å². The van der Waals surface area contributed by atoms with Gasteiger partial charge < -0.3 is 19.5 Å². The predicted molar refractivity (Wildman–Crippen MR) is 120 cm³/mol. The number of carbonyl (C=O) groups is 2. The van der Waals surface area contributed by atoms with Crippen molar-refractivity contribution in [2.24, 2.45) is 0 Å². The number of carbonyl (C=O) groups excluding carboxylic acids is 2. The summed E-state index contributed by atoms with van der Waals surface area (Å²) in [5.74, 6) is -0.122. The van der Waals surface area contributed by atoms with Gasteiger partial charge in [0.15, 0.2) is 0 Å². The van der Waals surface area contributed by atoms with Gasteiger partial charge in [-0.05, 0) is 56.9 Å². The second-order valence-electron chi connectivity index (χ2n) is 7.78. The van der Waals surface area contributed by atoms with Crippen LogP contribution >= 0.6 is 0 Å². The molecule has 31 heavy (non-hydrogen) atoms. The number of hydrogen-bond acceptors (Lipinski definition) is 5. The van der Waals surface area contributed by atoms with Crippen molar-refractivity contribution in [1.82, 2.24) is 0 Å². The SMILES string of the molecule is CCOC(=O)c1cc(NC(=O)C2(c3ccccc3)CCOCC2)ccc1O[C@H](C)CC. The number of rotatable bonds is 8. The van der Waals surface area contributed by atoms with Gasteiger partial charge in [0.2, 0.25) is 5.91 Å². The molecule has 2 aromatic rings. The maximum atomic E-state index is 13.5. The van der Waals surface area contributed by atoms with E-state index in [2.05, 4.69) is 5.32 Å². The average molecular weight is 426 g/mol. The van der Waals surface area contributed by atoms with E-state index in [-0.39, 0.29) is 18.6 Å². The molecule has 1 saturated heterocycles. The molecule has 6 heteroatoms. The standard InChI is InChI=1S/C25H31NO5/c1-4-18(3)31-22-12-11-20(17-21(22)23(27)30-5-2)26-24(28)25(13-15-29-16-14-25)19-9-7-6-8-10-19/h6-12,17-18H,4-5,13-16H2,1-3H3,(H,26,28)/t18-/m1/s1. The monoisotopic (exact) mass is 425 g/mol. The largest absolute Gasteiger partial charge is 0.490 e. The summed E-state index contributed by atoms with van der Waals surface area (Å²) >= 11 is 0. The quantitative estimate of drug-likeness (QED) is 0.619. The Morgan fingerprint density at radius 1 is 1.10 bits per heavy atom. The second kappa shape index (κ2) is 10.4. The van der Waals surface area contributed by atoms with Crippen molar-refractivity contribution >= 4 is 17.6 Å². The molecule has 1 fully saturated rings. The summed E-state index contributed by atoms with van der Waals surface area (Å²) in [6.07, 6.45) is 1.96. The van der Waals surface area contributed by atoms with Crippen LogP contribution in [0.3, 0.4) is 0 Å². The Kier molecular flexibility index (Phi) is 7.69. The Hall–Kier alpha value is -2.86. The van der Waals surface area contributed by atoms with Crippen LogP contribution in [-0.4, -0.2) is 37.8 Å². The first-order chi connectivity index (χ1) is 15.0. The molecule has 1 heterocycles. The zero-order valence-electron chi connectivity index (χ0n) is 18.5. The van der Waals surface area contributed by atoms with Crippen molar-refractivity contribution in [3.05, 3.63) is 59.7 Å². The minimum Gasteiger partial charge on any atom is -0.490 e. The average Bonchev–Trinajstić information content (AvgIpc) is 2.81. The van der Waals surface area contributed by atoms with E-state index in [4.69, 9.17) is 14.2 Å². The van der Waals surface area contributed by atoms with Crippen LogP contribution in [0.1, 0.15) is 56.0 Å². The Labute approximate surface area is 183 Å². The molecule has 0 radical (unpaired) electrons. The maximum Gasteiger partial charge on any atom is 0.341 e. The predicted octanol–water partition coefficient (Wildman–Crippen LogP) is 4.73. The molecule has 0 aromatic heterocycles. The van der Waals surface area contributed by atoms with Crippen LogP contribution in [0.5, 0.6) is 5.75 Å². The molecule has 1 aliphatic heterocycles. The van der Waals surface area contributed by atoms with Crippen molar-refractivity contribution in [3.63, 3.8) is 0 Å².